The summed E-state index contributed by atoms with van der Waals surface area (Å²) in [6, 6.07) is 8.25. The van der Waals surface area contributed by atoms with Crippen LogP contribution in [0.15, 0.2) is 43.0 Å². The van der Waals surface area contributed by atoms with Crippen LogP contribution >= 0.6 is 0 Å². The quantitative estimate of drug-likeness (QED) is 0.317. The number of ether oxygens (including phenoxy) is 1. The number of hydrogen-bond donors (Lipinski definition) is 0. The van der Waals surface area contributed by atoms with E-state index in [-0.39, 0.29) is 6.61 Å². The first-order valence-electron chi connectivity index (χ1n) is 6.56. The van der Waals surface area contributed by atoms with E-state index < -0.39 is 22.9 Å². The molecule has 0 saturated heterocycles. The number of carbonyl (C=O) groups excluding carboxylic acids is 1. The van der Waals surface area contributed by atoms with Gasteiger partial charge in [-0.1, -0.05) is 36.4 Å². The van der Waals surface area contributed by atoms with Crippen LogP contribution in [0.25, 0.3) is 0 Å². The molecule has 0 aromatic heterocycles. The van der Waals surface area contributed by atoms with Crippen LogP contribution in [0.5, 0.6) is 0 Å². The number of carbonyl (C=O) groups is 1. The zero-order valence-corrected chi connectivity index (χ0v) is 11.5. The second-order valence-corrected chi connectivity index (χ2v) is 4.41. The van der Waals surface area contributed by atoms with E-state index in [2.05, 4.69) is 6.58 Å². The number of aryl methyl sites for hydroxylation is 1. The van der Waals surface area contributed by atoms with Crippen molar-refractivity contribution in [1.82, 2.24) is 0 Å². The van der Waals surface area contributed by atoms with E-state index in [4.69, 9.17) is 4.74 Å². The highest BCUT2D eigenvalue weighted by Crippen LogP contribution is 2.18. The molecule has 5 heteroatoms. The third-order valence-corrected chi connectivity index (χ3v) is 3.07. The fraction of sp³-hybridized carbons (Fsp3) is 0.400. The number of hydrogen-bond acceptors (Lipinski definition) is 4. The topological polar surface area (TPSA) is 69.4 Å². The summed E-state index contributed by atoms with van der Waals surface area (Å²) >= 11 is 0. The SMILES string of the molecule is C=C[C@@H](CCc1ccccc1)C(C(=O)OCC)[N+](=O)[O-]. The number of nitrogens with zero attached hydrogens (tertiary/aromatic N) is 1. The van der Waals surface area contributed by atoms with Crippen LogP contribution in [0.4, 0.5) is 0 Å². The standard InChI is InChI=1S/C15H19NO4/c1-3-13(11-10-12-8-6-5-7-9-12)14(16(18)19)15(17)20-4-2/h3,5-9,13-14H,1,4,10-11H2,2H3/t13-,14?/m0/s1. The van der Waals surface area contributed by atoms with Crippen molar-refractivity contribution in [3.63, 3.8) is 0 Å². The molecule has 0 amide bonds. The Balaban J connectivity index is 2.73. The van der Waals surface area contributed by atoms with Gasteiger partial charge >= 0.3 is 12.0 Å². The maximum Gasteiger partial charge on any atom is 0.382 e. The highest BCUT2D eigenvalue weighted by atomic mass is 16.6. The minimum Gasteiger partial charge on any atom is -0.461 e. The number of esters is 1. The Hall–Kier alpha value is -2.17. The molecule has 0 aliphatic carbocycles. The average molecular weight is 277 g/mol. The van der Waals surface area contributed by atoms with Gasteiger partial charge in [0.15, 0.2) is 0 Å². The Morgan fingerprint density at radius 3 is 2.60 bits per heavy atom. The van der Waals surface area contributed by atoms with Gasteiger partial charge in [-0.05, 0) is 25.3 Å². The summed E-state index contributed by atoms with van der Waals surface area (Å²) in [5.74, 6) is -1.33. The van der Waals surface area contributed by atoms with E-state index in [0.29, 0.717) is 12.8 Å². The lowest BCUT2D eigenvalue weighted by Crippen LogP contribution is -2.38. The third kappa shape index (κ3) is 4.50. The molecular weight excluding hydrogens is 258 g/mol. The molecule has 1 aromatic carbocycles. The lowest BCUT2D eigenvalue weighted by atomic mass is 9.93. The van der Waals surface area contributed by atoms with Gasteiger partial charge in [-0.2, -0.15) is 0 Å². The molecule has 0 N–H and O–H groups in total. The molecule has 0 heterocycles. The van der Waals surface area contributed by atoms with Gasteiger partial charge in [0.2, 0.25) is 0 Å². The second kappa shape index (κ2) is 8.09. The van der Waals surface area contributed by atoms with Crippen LogP contribution in [0.2, 0.25) is 0 Å². The predicted molar refractivity (Wildman–Crippen MR) is 75.9 cm³/mol. The Morgan fingerprint density at radius 1 is 1.45 bits per heavy atom. The lowest BCUT2D eigenvalue weighted by molar-refractivity contribution is -0.517. The molecule has 5 nitrogen and oxygen atoms in total. The molecule has 20 heavy (non-hydrogen) atoms. The summed E-state index contributed by atoms with van der Waals surface area (Å²) in [6.45, 7) is 5.36. The summed E-state index contributed by atoms with van der Waals surface area (Å²) in [5, 5.41) is 11.1. The Morgan fingerprint density at radius 2 is 2.10 bits per heavy atom. The average Bonchev–Trinajstić information content (AvgIpc) is 2.44. The van der Waals surface area contributed by atoms with E-state index in [1.54, 1.807) is 6.92 Å². The van der Waals surface area contributed by atoms with Gasteiger partial charge < -0.3 is 4.74 Å². The Bertz CT molecular complexity index is 458. The minimum absolute atomic E-state index is 0.131. The molecule has 2 atom stereocenters. The third-order valence-electron chi connectivity index (χ3n) is 3.07. The summed E-state index contributed by atoms with van der Waals surface area (Å²) < 4.78 is 4.77. The van der Waals surface area contributed by atoms with E-state index in [0.717, 1.165) is 5.56 Å². The van der Waals surface area contributed by atoms with E-state index in [9.17, 15) is 14.9 Å². The molecule has 0 spiro atoms. The molecule has 0 bridgehead atoms. The van der Waals surface area contributed by atoms with Crippen molar-refractivity contribution < 1.29 is 14.5 Å². The van der Waals surface area contributed by atoms with E-state index in [1.807, 2.05) is 30.3 Å². The molecule has 0 radical (unpaired) electrons. The fourth-order valence-electron chi connectivity index (χ4n) is 2.03. The van der Waals surface area contributed by atoms with Crippen molar-refractivity contribution in [1.29, 1.82) is 0 Å². The molecule has 0 aliphatic heterocycles. The molecule has 1 unspecified atom stereocenters. The van der Waals surface area contributed by atoms with Crippen LogP contribution in [0.1, 0.15) is 18.9 Å². The summed E-state index contributed by atoms with van der Waals surface area (Å²) in [7, 11) is 0. The van der Waals surface area contributed by atoms with Crippen LogP contribution in [0, 0.1) is 16.0 Å². The maximum atomic E-state index is 11.7. The van der Waals surface area contributed by atoms with Gasteiger partial charge in [-0.3, -0.25) is 10.1 Å². The van der Waals surface area contributed by atoms with Crippen LogP contribution < -0.4 is 0 Å². The maximum absolute atomic E-state index is 11.7. The zero-order valence-electron chi connectivity index (χ0n) is 11.5. The summed E-state index contributed by atoms with van der Waals surface area (Å²) in [5.41, 5.74) is 1.07. The van der Waals surface area contributed by atoms with Crippen molar-refractivity contribution >= 4 is 5.97 Å². The summed E-state index contributed by atoms with van der Waals surface area (Å²) in [6.07, 6.45) is 2.60. The van der Waals surface area contributed by atoms with Gasteiger partial charge in [-0.15, -0.1) is 6.58 Å². The van der Waals surface area contributed by atoms with E-state index in [1.165, 1.54) is 6.08 Å². The molecular formula is C15H19NO4. The number of benzene rings is 1. The number of rotatable bonds is 8. The first-order chi connectivity index (χ1) is 9.60. The van der Waals surface area contributed by atoms with Gasteiger partial charge in [0.25, 0.3) is 0 Å². The van der Waals surface area contributed by atoms with Crippen molar-refractivity contribution in [2.45, 2.75) is 25.8 Å². The van der Waals surface area contributed by atoms with Crippen molar-refractivity contribution in [2.24, 2.45) is 5.92 Å². The van der Waals surface area contributed by atoms with Gasteiger partial charge in [0, 0.05) is 4.92 Å². The molecule has 1 aromatic rings. The zero-order chi connectivity index (χ0) is 15.0. The Labute approximate surface area is 118 Å². The molecule has 0 fully saturated rings. The highest BCUT2D eigenvalue weighted by Gasteiger charge is 2.38. The molecule has 108 valence electrons. The Kier molecular flexibility index (Phi) is 6.43. The van der Waals surface area contributed by atoms with Crippen molar-refractivity contribution in [3.8, 4) is 0 Å². The monoisotopic (exact) mass is 277 g/mol. The first-order valence-corrected chi connectivity index (χ1v) is 6.56. The molecule has 1 rings (SSSR count). The van der Waals surface area contributed by atoms with Gasteiger partial charge in [0.1, 0.15) is 0 Å². The minimum atomic E-state index is -1.38. The lowest BCUT2D eigenvalue weighted by Gasteiger charge is -2.16. The van der Waals surface area contributed by atoms with E-state index >= 15 is 0 Å². The number of nitro groups is 1. The fourth-order valence-corrected chi connectivity index (χ4v) is 2.03. The van der Waals surface area contributed by atoms with Crippen LogP contribution in [0.3, 0.4) is 0 Å². The van der Waals surface area contributed by atoms with Gasteiger partial charge in [-0.25, -0.2) is 4.79 Å². The first kappa shape index (κ1) is 15.9. The molecule has 0 aliphatic rings. The van der Waals surface area contributed by atoms with Crippen molar-refractivity contribution in [2.75, 3.05) is 6.61 Å². The van der Waals surface area contributed by atoms with Crippen LogP contribution in [-0.2, 0) is 16.0 Å². The van der Waals surface area contributed by atoms with Crippen molar-refractivity contribution in [3.05, 3.63) is 58.7 Å². The van der Waals surface area contributed by atoms with Gasteiger partial charge in [0.05, 0.1) is 12.5 Å². The molecule has 0 saturated carbocycles. The van der Waals surface area contributed by atoms with Crippen LogP contribution in [-0.4, -0.2) is 23.5 Å². The highest BCUT2D eigenvalue weighted by molar-refractivity contribution is 5.75. The predicted octanol–water partition coefficient (Wildman–Crippen LogP) is 2.63. The summed E-state index contributed by atoms with van der Waals surface area (Å²) in [4.78, 5) is 22.2. The second-order valence-electron chi connectivity index (χ2n) is 4.41. The largest absolute Gasteiger partial charge is 0.461 e. The smallest absolute Gasteiger partial charge is 0.382 e. The normalized spacial score (nSPS) is 13.2.